The maximum absolute atomic E-state index is 11.8. The highest BCUT2D eigenvalue weighted by Crippen LogP contribution is 2.14. The third kappa shape index (κ3) is 25.4. The average Bonchev–Trinajstić information content (AvgIpc) is 2.67. The van der Waals surface area contributed by atoms with Gasteiger partial charge >= 0.3 is 5.97 Å². The van der Waals surface area contributed by atoms with Crippen LogP contribution in [0, 0.1) is 11.8 Å². The molecule has 0 saturated carbocycles. The minimum atomic E-state index is 0.0174. The first-order valence-corrected chi connectivity index (χ1v) is 13.2. The highest BCUT2D eigenvalue weighted by atomic mass is 16.5. The summed E-state index contributed by atoms with van der Waals surface area (Å²) in [5.41, 5.74) is 0. The molecule has 174 valence electrons. The van der Waals surface area contributed by atoms with Crippen molar-refractivity contribution in [1.82, 2.24) is 0 Å². The lowest BCUT2D eigenvalue weighted by Gasteiger charge is -2.06. The smallest absolute Gasteiger partial charge is 0.305 e. The molecular formula is C27H54O2. The fourth-order valence-corrected chi connectivity index (χ4v) is 3.86. The molecule has 0 rings (SSSR count). The lowest BCUT2D eigenvalue weighted by molar-refractivity contribution is -0.143. The second-order valence-corrected chi connectivity index (χ2v) is 9.99. The zero-order valence-corrected chi connectivity index (χ0v) is 20.6. The second kappa shape index (κ2) is 22.2. The Labute approximate surface area is 184 Å². The van der Waals surface area contributed by atoms with Crippen LogP contribution in [0.1, 0.15) is 150 Å². The van der Waals surface area contributed by atoms with E-state index in [1.807, 2.05) is 0 Å². The molecular weight excluding hydrogens is 356 g/mol. The first-order valence-electron chi connectivity index (χ1n) is 13.2. The van der Waals surface area contributed by atoms with E-state index in [9.17, 15) is 4.79 Å². The van der Waals surface area contributed by atoms with Crippen LogP contribution in [0.2, 0.25) is 0 Å². The van der Waals surface area contributed by atoms with Gasteiger partial charge in [0.2, 0.25) is 0 Å². The largest absolute Gasteiger partial charge is 0.466 e. The number of hydrogen-bond acceptors (Lipinski definition) is 2. The third-order valence-electron chi connectivity index (χ3n) is 5.85. The van der Waals surface area contributed by atoms with Gasteiger partial charge in [0.15, 0.2) is 0 Å². The predicted octanol–water partition coefficient (Wildman–Crippen LogP) is 9.25. The SMILES string of the molecule is CC(C)CCCCCCCCCCOC(=O)CCCCCCCCCCC(C)C. The van der Waals surface area contributed by atoms with Gasteiger partial charge in [0.1, 0.15) is 0 Å². The van der Waals surface area contributed by atoms with Crippen molar-refractivity contribution in [3.05, 3.63) is 0 Å². The highest BCUT2D eigenvalue weighted by Gasteiger charge is 2.03. The zero-order valence-electron chi connectivity index (χ0n) is 20.6. The lowest BCUT2D eigenvalue weighted by Crippen LogP contribution is -2.05. The third-order valence-corrected chi connectivity index (χ3v) is 5.85. The van der Waals surface area contributed by atoms with Crippen LogP contribution in [0.5, 0.6) is 0 Å². The molecule has 0 N–H and O–H groups in total. The quantitative estimate of drug-likeness (QED) is 0.131. The van der Waals surface area contributed by atoms with Crippen molar-refractivity contribution in [1.29, 1.82) is 0 Å². The van der Waals surface area contributed by atoms with Crippen LogP contribution in [0.3, 0.4) is 0 Å². The predicted molar refractivity (Wildman–Crippen MR) is 128 cm³/mol. The van der Waals surface area contributed by atoms with Crippen molar-refractivity contribution in [2.45, 2.75) is 150 Å². The number of unbranched alkanes of at least 4 members (excludes halogenated alkanes) is 14. The van der Waals surface area contributed by atoms with E-state index in [0.717, 1.165) is 24.7 Å². The van der Waals surface area contributed by atoms with Gasteiger partial charge < -0.3 is 4.74 Å². The molecule has 0 radical (unpaired) electrons. The Morgan fingerprint density at radius 3 is 1.28 bits per heavy atom. The van der Waals surface area contributed by atoms with Crippen LogP contribution in [0.25, 0.3) is 0 Å². The van der Waals surface area contributed by atoms with Crippen LogP contribution in [-0.4, -0.2) is 12.6 Å². The lowest BCUT2D eigenvalue weighted by atomic mass is 10.0. The summed E-state index contributed by atoms with van der Waals surface area (Å²) < 4.78 is 5.38. The van der Waals surface area contributed by atoms with Crippen molar-refractivity contribution in [2.24, 2.45) is 11.8 Å². The van der Waals surface area contributed by atoms with Gasteiger partial charge in [-0.3, -0.25) is 4.79 Å². The Morgan fingerprint density at radius 2 is 0.862 bits per heavy atom. The highest BCUT2D eigenvalue weighted by molar-refractivity contribution is 5.69. The number of esters is 1. The second-order valence-electron chi connectivity index (χ2n) is 9.99. The van der Waals surface area contributed by atoms with Crippen LogP contribution in [-0.2, 0) is 9.53 Å². The summed E-state index contributed by atoms with van der Waals surface area (Å²) in [6.07, 6.45) is 24.1. The first-order chi connectivity index (χ1) is 14.0. The van der Waals surface area contributed by atoms with E-state index in [2.05, 4.69) is 27.7 Å². The number of carbonyl (C=O) groups excluding carboxylic acids is 1. The van der Waals surface area contributed by atoms with Crippen molar-refractivity contribution in [3.63, 3.8) is 0 Å². The maximum atomic E-state index is 11.8. The van der Waals surface area contributed by atoms with Crippen molar-refractivity contribution in [2.75, 3.05) is 6.61 Å². The molecule has 0 atom stereocenters. The fourth-order valence-electron chi connectivity index (χ4n) is 3.86. The standard InChI is InChI=1S/C27H54O2/c1-25(2)21-17-13-9-5-6-11-15-19-23-27(28)29-24-20-16-12-8-7-10-14-18-22-26(3)4/h25-26H,5-24H2,1-4H3. The van der Waals surface area contributed by atoms with Crippen molar-refractivity contribution >= 4 is 5.97 Å². The van der Waals surface area contributed by atoms with E-state index in [1.54, 1.807) is 0 Å². The zero-order chi connectivity index (χ0) is 21.6. The van der Waals surface area contributed by atoms with Gasteiger partial charge in [-0.1, -0.05) is 130 Å². The van der Waals surface area contributed by atoms with Gasteiger partial charge in [0.05, 0.1) is 6.61 Å². The molecule has 29 heavy (non-hydrogen) atoms. The average molecular weight is 411 g/mol. The number of rotatable bonds is 22. The number of ether oxygens (including phenoxy) is 1. The van der Waals surface area contributed by atoms with E-state index in [1.165, 1.54) is 103 Å². The normalized spacial score (nSPS) is 11.5. The molecule has 0 aliphatic heterocycles. The Bertz CT molecular complexity index is 335. The van der Waals surface area contributed by atoms with Gasteiger partial charge in [0.25, 0.3) is 0 Å². The molecule has 2 heteroatoms. The number of carbonyl (C=O) groups is 1. The topological polar surface area (TPSA) is 26.3 Å². The van der Waals surface area contributed by atoms with Crippen LogP contribution >= 0.6 is 0 Å². The molecule has 0 heterocycles. The maximum Gasteiger partial charge on any atom is 0.305 e. The van der Waals surface area contributed by atoms with E-state index < -0.39 is 0 Å². The van der Waals surface area contributed by atoms with Crippen molar-refractivity contribution < 1.29 is 9.53 Å². The van der Waals surface area contributed by atoms with Crippen LogP contribution in [0.4, 0.5) is 0 Å². The van der Waals surface area contributed by atoms with E-state index in [0.29, 0.717) is 13.0 Å². The summed E-state index contributed by atoms with van der Waals surface area (Å²) in [7, 11) is 0. The molecule has 0 aliphatic carbocycles. The monoisotopic (exact) mass is 410 g/mol. The minimum Gasteiger partial charge on any atom is -0.466 e. The van der Waals surface area contributed by atoms with Crippen molar-refractivity contribution in [3.8, 4) is 0 Å². The van der Waals surface area contributed by atoms with Gasteiger partial charge in [0, 0.05) is 6.42 Å². The summed E-state index contributed by atoms with van der Waals surface area (Å²) in [6.45, 7) is 9.86. The van der Waals surface area contributed by atoms with Gasteiger partial charge in [-0.25, -0.2) is 0 Å². The molecule has 0 aromatic heterocycles. The molecule has 0 bridgehead atoms. The summed E-state index contributed by atoms with van der Waals surface area (Å²) in [5.74, 6) is 1.72. The van der Waals surface area contributed by atoms with E-state index >= 15 is 0 Å². The molecule has 0 aliphatic rings. The Kier molecular flexibility index (Phi) is 21.8. The summed E-state index contributed by atoms with van der Waals surface area (Å²) in [4.78, 5) is 11.8. The van der Waals surface area contributed by atoms with Gasteiger partial charge in [-0.15, -0.1) is 0 Å². The minimum absolute atomic E-state index is 0.0174. The van der Waals surface area contributed by atoms with Gasteiger partial charge in [-0.2, -0.15) is 0 Å². The molecule has 0 fully saturated rings. The first kappa shape index (κ1) is 28.5. The molecule has 0 aromatic rings. The molecule has 0 amide bonds. The Morgan fingerprint density at radius 1 is 0.517 bits per heavy atom. The van der Waals surface area contributed by atoms with Gasteiger partial charge in [-0.05, 0) is 24.7 Å². The molecule has 0 aromatic carbocycles. The summed E-state index contributed by atoms with van der Waals surface area (Å²) in [6, 6.07) is 0. The molecule has 2 nitrogen and oxygen atoms in total. The molecule has 0 saturated heterocycles. The molecule has 0 spiro atoms. The van der Waals surface area contributed by atoms with E-state index in [-0.39, 0.29) is 5.97 Å². The summed E-state index contributed by atoms with van der Waals surface area (Å²) >= 11 is 0. The Balaban J connectivity index is 3.17. The van der Waals surface area contributed by atoms with E-state index in [4.69, 9.17) is 4.74 Å². The van der Waals surface area contributed by atoms with Crippen LogP contribution < -0.4 is 0 Å². The van der Waals surface area contributed by atoms with Crippen LogP contribution in [0.15, 0.2) is 0 Å². The fraction of sp³-hybridized carbons (Fsp3) is 0.963. The summed E-state index contributed by atoms with van der Waals surface area (Å²) in [5, 5.41) is 0. The molecule has 0 unspecified atom stereocenters. The Hall–Kier alpha value is -0.530. The number of hydrogen-bond donors (Lipinski definition) is 0.